The van der Waals surface area contributed by atoms with Crippen LogP contribution in [0.1, 0.15) is 33.5 Å². The SMILES string of the molecule is O=C(c1ccccc1Cl)c1cc2c(cc1NC=C[N+](=O)[O-])CCC2. The monoisotopic (exact) mass is 342 g/mol. The van der Waals surface area contributed by atoms with Crippen LogP contribution in [0.3, 0.4) is 0 Å². The Morgan fingerprint density at radius 2 is 1.88 bits per heavy atom. The van der Waals surface area contributed by atoms with Gasteiger partial charge in [-0.15, -0.1) is 0 Å². The van der Waals surface area contributed by atoms with Gasteiger partial charge in [0, 0.05) is 16.8 Å². The van der Waals surface area contributed by atoms with Crippen molar-refractivity contribution >= 4 is 23.1 Å². The number of nitrogens with one attached hydrogen (secondary N) is 1. The van der Waals surface area contributed by atoms with E-state index in [1.807, 2.05) is 12.1 Å². The van der Waals surface area contributed by atoms with E-state index in [0.717, 1.165) is 31.0 Å². The van der Waals surface area contributed by atoms with E-state index in [4.69, 9.17) is 11.6 Å². The lowest BCUT2D eigenvalue weighted by Crippen LogP contribution is -2.07. The van der Waals surface area contributed by atoms with E-state index in [9.17, 15) is 14.9 Å². The molecule has 0 aliphatic heterocycles. The summed E-state index contributed by atoms with van der Waals surface area (Å²) in [4.78, 5) is 22.8. The second kappa shape index (κ2) is 6.84. The Balaban J connectivity index is 2.03. The Bertz CT molecular complexity index is 846. The molecule has 0 fully saturated rings. The van der Waals surface area contributed by atoms with Gasteiger partial charge in [-0.3, -0.25) is 14.9 Å². The molecule has 0 radical (unpaired) electrons. The highest BCUT2D eigenvalue weighted by molar-refractivity contribution is 6.35. The number of halogens is 1. The van der Waals surface area contributed by atoms with Crippen molar-refractivity contribution in [2.45, 2.75) is 19.3 Å². The smallest absolute Gasteiger partial charge is 0.250 e. The molecule has 0 amide bonds. The van der Waals surface area contributed by atoms with Crippen LogP contribution in [0.5, 0.6) is 0 Å². The van der Waals surface area contributed by atoms with Crippen LogP contribution < -0.4 is 5.32 Å². The number of anilines is 1. The molecule has 24 heavy (non-hydrogen) atoms. The van der Waals surface area contributed by atoms with Gasteiger partial charge < -0.3 is 5.32 Å². The first-order valence-corrected chi connectivity index (χ1v) is 7.96. The lowest BCUT2D eigenvalue weighted by molar-refractivity contribution is -0.402. The van der Waals surface area contributed by atoms with Gasteiger partial charge in [-0.25, -0.2) is 0 Å². The summed E-state index contributed by atoms with van der Waals surface area (Å²) < 4.78 is 0. The number of carbonyl (C=O) groups excluding carboxylic acids is 1. The van der Waals surface area contributed by atoms with E-state index in [2.05, 4.69) is 5.32 Å². The molecule has 0 aromatic heterocycles. The molecule has 0 saturated carbocycles. The van der Waals surface area contributed by atoms with Crippen LogP contribution in [0.2, 0.25) is 5.02 Å². The summed E-state index contributed by atoms with van der Waals surface area (Å²) >= 11 is 6.14. The highest BCUT2D eigenvalue weighted by Gasteiger charge is 2.20. The highest BCUT2D eigenvalue weighted by atomic mass is 35.5. The van der Waals surface area contributed by atoms with Crippen LogP contribution >= 0.6 is 11.6 Å². The normalized spacial score (nSPS) is 13.0. The van der Waals surface area contributed by atoms with Crippen molar-refractivity contribution < 1.29 is 9.72 Å². The van der Waals surface area contributed by atoms with Gasteiger partial charge in [0.1, 0.15) is 0 Å². The number of hydrogen-bond acceptors (Lipinski definition) is 4. The number of ketones is 1. The van der Waals surface area contributed by atoms with Gasteiger partial charge in [-0.1, -0.05) is 23.7 Å². The number of aryl methyl sites for hydroxylation is 2. The van der Waals surface area contributed by atoms with Gasteiger partial charge in [0.05, 0.1) is 16.1 Å². The van der Waals surface area contributed by atoms with Crippen LogP contribution in [-0.4, -0.2) is 10.7 Å². The van der Waals surface area contributed by atoms with Gasteiger partial charge in [-0.05, 0) is 54.7 Å². The molecule has 0 spiro atoms. The number of carbonyl (C=O) groups is 1. The molecule has 1 aliphatic carbocycles. The maximum absolute atomic E-state index is 12.9. The lowest BCUT2D eigenvalue weighted by atomic mass is 9.97. The Kier molecular flexibility index (Phi) is 4.62. The number of benzene rings is 2. The molecule has 0 saturated heterocycles. The molecule has 2 aromatic carbocycles. The zero-order chi connectivity index (χ0) is 17.1. The fourth-order valence-electron chi connectivity index (χ4n) is 2.91. The molecule has 122 valence electrons. The summed E-state index contributed by atoms with van der Waals surface area (Å²) in [6.45, 7) is 0. The molecule has 3 rings (SSSR count). The molecule has 6 heteroatoms. The highest BCUT2D eigenvalue weighted by Crippen LogP contribution is 2.31. The minimum Gasteiger partial charge on any atom is -0.356 e. The molecule has 2 aromatic rings. The van der Waals surface area contributed by atoms with Gasteiger partial charge in [0.25, 0.3) is 0 Å². The second-order valence-corrected chi connectivity index (χ2v) is 5.98. The average molecular weight is 343 g/mol. The van der Waals surface area contributed by atoms with Crippen molar-refractivity contribution in [1.82, 2.24) is 0 Å². The minimum absolute atomic E-state index is 0.202. The Morgan fingerprint density at radius 1 is 1.17 bits per heavy atom. The molecule has 0 atom stereocenters. The Hall–Kier alpha value is -2.66. The fourth-order valence-corrected chi connectivity index (χ4v) is 3.13. The quantitative estimate of drug-likeness (QED) is 0.501. The van der Waals surface area contributed by atoms with Crippen molar-refractivity contribution in [3.8, 4) is 0 Å². The van der Waals surface area contributed by atoms with Gasteiger partial charge in [0.2, 0.25) is 6.20 Å². The van der Waals surface area contributed by atoms with Gasteiger partial charge in [-0.2, -0.15) is 0 Å². The van der Waals surface area contributed by atoms with Gasteiger partial charge in [0.15, 0.2) is 5.78 Å². The van der Waals surface area contributed by atoms with E-state index in [0.29, 0.717) is 21.8 Å². The molecule has 0 heterocycles. The molecule has 5 nitrogen and oxygen atoms in total. The molecule has 1 N–H and O–H groups in total. The first-order chi connectivity index (χ1) is 11.6. The number of rotatable bonds is 5. The number of hydrogen-bond donors (Lipinski definition) is 1. The summed E-state index contributed by atoms with van der Waals surface area (Å²) in [5.74, 6) is -0.202. The standard InChI is InChI=1S/C18H15ClN2O3/c19-16-7-2-1-6-14(16)18(22)15-10-12-4-3-5-13(12)11-17(15)20-8-9-21(23)24/h1-2,6-11,20H,3-5H2. The van der Waals surface area contributed by atoms with Crippen molar-refractivity contribution in [3.63, 3.8) is 0 Å². The van der Waals surface area contributed by atoms with Crippen LogP contribution in [-0.2, 0) is 12.8 Å². The summed E-state index contributed by atoms with van der Waals surface area (Å²) in [7, 11) is 0. The number of fused-ring (bicyclic) bond motifs is 1. The van der Waals surface area contributed by atoms with E-state index >= 15 is 0 Å². The minimum atomic E-state index is -0.560. The molecular formula is C18H15ClN2O3. The predicted molar refractivity (Wildman–Crippen MR) is 93.1 cm³/mol. The second-order valence-electron chi connectivity index (χ2n) is 5.57. The molecule has 0 unspecified atom stereocenters. The first kappa shape index (κ1) is 16.2. The fraction of sp³-hybridized carbons (Fsp3) is 0.167. The number of nitro groups is 1. The zero-order valence-corrected chi connectivity index (χ0v) is 13.5. The van der Waals surface area contributed by atoms with E-state index in [-0.39, 0.29) is 5.78 Å². The van der Waals surface area contributed by atoms with Crippen LogP contribution in [0.4, 0.5) is 5.69 Å². The largest absolute Gasteiger partial charge is 0.356 e. The maximum atomic E-state index is 12.9. The van der Waals surface area contributed by atoms with Crippen molar-refractivity contribution in [2.24, 2.45) is 0 Å². The lowest BCUT2D eigenvalue weighted by Gasteiger charge is -2.12. The zero-order valence-electron chi connectivity index (χ0n) is 12.8. The molecular weight excluding hydrogens is 328 g/mol. The third-order valence-electron chi connectivity index (χ3n) is 4.03. The summed E-state index contributed by atoms with van der Waals surface area (Å²) in [5, 5.41) is 13.7. The van der Waals surface area contributed by atoms with Gasteiger partial charge >= 0.3 is 0 Å². The maximum Gasteiger partial charge on any atom is 0.250 e. The summed E-state index contributed by atoms with van der Waals surface area (Å²) in [6, 6.07) is 10.6. The third kappa shape index (κ3) is 3.31. The summed E-state index contributed by atoms with van der Waals surface area (Å²) in [5.41, 5.74) is 3.76. The van der Waals surface area contributed by atoms with Crippen LogP contribution in [0.25, 0.3) is 0 Å². The van der Waals surface area contributed by atoms with Crippen LogP contribution in [0.15, 0.2) is 48.8 Å². The van der Waals surface area contributed by atoms with Crippen molar-refractivity contribution in [3.05, 3.63) is 86.2 Å². The van der Waals surface area contributed by atoms with E-state index in [1.54, 1.807) is 24.3 Å². The van der Waals surface area contributed by atoms with Crippen molar-refractivity contribution in [2.75, 3.05) is 5.32 Å². The number of nitrogens with zero attached hydrogens (tertiary/aromatic N) is 1. The van der Waals surface area contributed by atoms with E-state index < -0.39 is 4.92 Å². The third-order valence-corrected chi connectivity index (χ3v) is 4.36. The predicted octanol–water partition coefficient (Wildman–Crippen LogP) is 4.22. The molecule has 0 bridgehead atoms. The Morgan fingerprint density at radius 3 is 2.58 bits per heavy atom. The van der Waals surface area contributed by atoms with Crippen molar-refractivity contribution in [1.29, 1.82) is 0 Å². The van der Waals surface area contributed by atoms with E-state index in [1.165, 1.54) is 11.8 Å². The average Bonchev–Trinajstić information content (AvgIpc) is 3.01. The summed E-state index contributed by atoms with van der Waals surface area (Å²) in [6.07, 6.45) is 4.95. The Labute approximate surface area is 144 Å². The topological polar surface area (TPSA) is 72.2 Å². The molecule has 1 aliphatic rings. The first-order valence-electron chi connectivity index (χ1n) is 7.58. The van der Waals surface area contributed by atoms with Crippen LogP contribution in [0, 0.1) is 10.1 Å².